The smallest absolute Gasteiger partial charge is 0.142 e. The lowest BCUT2D eigenvalue weighted by Crippen LogP contribution is -2.27. The second kappa shape index (κ2) is 6.57. The maximum absolute atomic E-state index is 6.21. The van der Waals surface area contributed by atoms with E-state index in [9.17, 15) is 0 Å². The van der Waals surface area contributed by atoms with E-state index in [1.165, 1.54) is 5.56 Å². The summed E-state index contributed by atoms with van der Waals surface area (Å²) < 4.78 is 6.78. The molecule has 0 saturated carbocycles. The average molecular weight is 387 g/mol. The van der Waals surface area contributed by atoms with E-state index in [1.807, 2.05) is 24.3 Å². The summed E-state index contributed by atoms with van der Waals surface area (Å²) in [4.78, 5) is 0. The summed E-state index contributed by atoms with van der Waals surface area (Å²) in [6, 6.07) is 12.0. The van der Waals surface area contributed by atoms with Gasteiger partial charge >= 0.3 is 0 Å². The molecule has 0 fully saturated rings. The SMILES string of the molecule is Clc1cc(Cl)c2c(c1)C(NCc1ccccc1Br)CCO2. The lowest BCUT2D eigenvalue weighted by atomic mass is 10.00. The van der Waals surface area contributed by atoms with Gasteiger partial charge in [0.25, 0.3) is 0 Å². The van der Waals surface area contributed by atoms with Gasteiger partial charge < -0.3 is 10.1 Å². The molecule has 21 heavy (non-hydrogen) atoms. The monoisotopic (exact) mass is 385 g/mol. The minimum atomic E-state index is 0.192. The molecular weight excluding hydrogens is 373 g/mol. The third-order valence-corrected chi connectivity index (χ3v) is 4.83. The number of nitrogens with one attached hydrogen (secondary N) is 1. The van der Waals surface area contributed by atoms with Gasteiger partial charge in [-0.25, -0.2) is 0 Å². The number of halogens is 3. The molecule has 1 unspecified atom stereocenters. The molecule has 110 valence electrons. The van der Waals surface area contributed by atoms with Gasteiger partial charge in [-0.1, -0.05) is 57.3 Å². The number of hydrogen-bond donors (Lipinski definition) is 1. The molecule has 0 saturated heterocycles. The summed E-state index contributed by atoms with van der Waals surface area (Å²) in [5, 5.41) is 4.77. The largest absolute Gasteiger partial charge is 0.492 e. The minimum absolute atomic E-state index is 0.192. The number of hydrogen-bond acceptors (Lipinski definition) is 2. The van der Waals surface area contributed by atoms with Crippen molar-refractivity contribution in [2.45, 2.75) is 19.0 Å². The van der Waals surface area contributed by atoms with Gasteiger partial charge in [-0.2, -0.15) is 0 Å². The molecular formula is C16H14BrCl2NO. The molecule has 0 spiro atoms. The fraction of sp³-hybridized carbons (Fsp3) is 0.250. The van der Waals surface area contributed by atoms with Gasteiger partial charge in [0.2, 0.25) is 0 Å². The molecule has 0 bridgehead atoms. The summed E-state index contributed by atoms with van der Waals surface area (Å²) in [6.07, 6.45) is 0.897. The molecule has 1 heterocycles. The Morgan fingerprint density at radius 2 is 2.05 bits per heavy atom. The molecule has 1 N–H and O–H groups in total. The van der Waals surface area contributed by atoms with Crippen LogP contribution in [0.25, 0.3) is 0 Å². The van der Waals surface area contributed by atoms with Gasteiger partial charge in [-0.05, 0) is 23.8 Å². The molecule has 0 radical (unpaired) electrons. The van der Waals surface area contributed by atoms with Gasteiger partial charge in [-0.15, -0.1) is 0 Å². The van der Waals surface area contributed by atoms with Crippen molar-refractivity contribution in [2.24, 2.45) is 0 Å². The zero-order chi connectivity index (χ0) is 14.8. The molecule has 0 aliphatic carbocycles. The first-order chi connectivity index (χ1) is 10.1. The minimum Gasteiger partial charge on any atom is -0.492 e. The van der Waals surface area contributed by atoms with Gasteiger partial charge in [0.05, 0.1) is 11.6 Å². The fourth-order valence-electron chi connectivity index (χ4n) is 2.51. The molecule has 1 aliphatic heterocycles. The molecule has 0 amide bonds. The van der Waals surface area contributed by atoms with Gasteiger partial charge in [-0.3, -0.25) is 0 Å². The van der Waals surface area contributed by atoms with Crippen LogP contribution in [0.2, 0.25) is 10.0 Å². The highest BCUT2D eigenvalue weighted by atomic mass is 79.9. The zero-order valence-corrected chi connectivity index (χ0v) is 14.3. The first-order valence-electron chi connectivity index (χ1n) is 6.73. The van der Waals surface area contributed by atoms with Crippen LogP contribution >= 0.6 is 39.1 Å². The molecule has 2 aromatic rings. The van der Waals surface area contributed by atoms with Crippen molar-refractivity contribution in [3.8, 4) is 5.75 Å². The Hall–Kier alpha value is -0.740. The van der Waals surface area contributed by atoms with Crippen LogP contribution in [0.3, 0.4) is 0 Å². The molecule has 3 rings (SSSR count). The van der Waals surface area contributed by atoms with Crippen molar-refractivity contribution >= 4 is 39.1 Å². The van der Waals surface area contributed by atoms with E-state index in [2.05, 4.69) is 27.3 Å². The normalized spacial score (nSPS) is 17.2. The third-order valence-electron chi connectivity index (χ3n) is 3.56. The van der Waals surface area contributed by atoms with Crippen LogP contribution in [0, 0.1) is 0 Å². The van der Waals surface area contributed by atoms with Gasteiger partial charge in [0.15, 0.2) is 0 Å². The van der Waals surface area contributed by atoms with Crippen LogP contribution in [0.4, 0.5) is 0 Å². The Morgan fingerprint density at radius 1 is 1.24 bits per heavy atom. The summed E-state index contributed by atoms with van der Waals surface area (Å²) in [5.41, 5.74) is 2.25. The first-order valence-corrected chi connectivity index (χ1v) is 8.28. The van der Waals surface area contributed by atoms with Crippen molar-refractivity contribution in [1.82, 2.24) is 5.32 Å². The van der Waals surface area contributed by atoms with E-state index >= 15 is 0 Å². The van der Waals surface area contributed by atoms with Crippen molar-refractivity contribution in [3.05, 3.63) is 62.0 Å². The summed E-state index contributed by atoms with van der Waals surface area (Å²) >= 11 is 15.9. The van der Waals surface area contributed by atoms with E-state index in [0.717, 1.165) is 28.8 Å². The quantitative estimate of drug-likeness (QED) is 0.765. The van der Waals surface area contributed by atoms with Crippen LogP contribution < -0.4 is 10.1 Å². The van der Waals surface area contributed by atoms with Crippen LogP contribution in [-0.2, 0) is 6.54 Å². The van der Waals surface area contributed by atoms with E-state index < -0.39 is 0 Å². The lowest BCUT2D eigenvalue weighted by molar-refractivity contribution is 0.252. The Kier molecular flexibility index (Phi) is 4.75. The highest BCUT2D eigenvalue weighted by Crippen LogP contribution is 2.40. The molecule has 2 aromatic carbocycles. The van der Waals surface area contributed by atoms with Gasteiger partial charge in [0.1, 0.15) is 5.75 Å². The third kappa shape index (κ3) is 3.37. The van der Waals surface area contributed by atoms with Crippen molar-refractivity contribution < 1.29 is 4.74 Å². The van der Waals surface area contributed by atoms with Crippen molar-refractivity contribution in [2.75, 3.05) is 6.61 Å². The topological polar surface area (TPSA) is 21.3 Å². The van der Waals surface area contributed by atoms with E-state index in [4.69, 9.17) is 27.9 Å². The van der Waals surface area contributed by atoms with Crippen molar-refractivity contribution in [1.29, 1.82) is 0 Å². The van der Waals surface area contributed by atoms with E-state index in [-0.39, 0.29) is 6.04 Å². The molecule has 1 aliphatic rings. The molecule has 0 aromatic heterocycles. The van der Waals surface area contributed by atoms with Gasteiger partial charge in [0, 0.05) is 34.1 Å². The van der Waals surface area contributed by atoms with Crippen LogP contribution in [0.15, 0.2) is 40.9 Å². The van der Waals surface area contributed by atoms with E-state index in [0.29, 0.717) is 16.7 Å². The molecule has 5 heteroatoms. The van der Waals surface area contributed by atoms with E-state index in [1.54, 1.807) is 6.07 Å². The van der Waals surface area contributed by atoms with Crippen molar-refractivity contribution in [3.63, 3.8) is 0 Å². The maximum atomic E-state index is 6.21. The number of ether oxygens (including phenoxy) is 1. The highest BCUT2D eigenvalue weighted by Gasteiger charge is 2.24. The standard InChI is InChI=1S/C16H14BrCl2NO/c17-13-4-2-1-3-10(13)9-20-15-5-6-21-16-12(15)7-11(18)8-14(16)19/h1-4,7-8,15,20H,5-6,9H2. The number of benzene rings is 2. The average Bonchev–Trinajstić information content (AvgIpc) is 2.46. The maximum Gasteiger partial charge on any atom is 0.142 e. The first kappa shape index (κ1) is 15.2. The molecule has 1 atom stereocenters. The predicted octanol–water partition coefficient (Wildman–Crippen LogP) is 5.37. The number of rotatable bonds is 3. The Balaban J connectivity index is 1.81. The fourth-order valence-corrected chi connectivity index (χ4v) is 3.50. The zero-order valence-electron chi connectivity index (χ0n) is 11.2. The Morgan fingerprint density at radius 3 is 2.86 bits per heavy atom. The second-order valence-corrected chi connectivity index (χ2v) is 6.67. The lowest BCUT2D eigenvalue weighted by Gasteiger charge is -2.28. The summed E-state index contributed by atoms with van der Waals surface area (Å²) in [5.74, 6) is 0.747. The van der Waals surface area contributed by atoms with Crippen LogP contribution in [0.1, 0.15) is 23.6 Å². The summed E-state index contributed by atoms with van der Waals surface area (Å²) in [7, 11) is 0. The van der Waals surface area contributed by atoms with Crippen LogP contribution in [-0.4, -0.2) is 6.61 Å². The second-order valence-electron chi connectivity index (χ2n) is 4.97. The highest BCUT2D eigenvalue weighted by molar-refractivity contribution is 9.10. The Bertz CT molecular complexity index is 663. The molecule has 2 nitrogen and oxygen atoms in total. The predicted molar refractivity (Wildman–Crippen MR) is 90.3 cm³/mol. The summed E-state index contributed by atoms with van der Waals surface area (Å²) in [6.45, 7) is 1.43. The van der Waals surface area contributed by atoms with Crippen LogP contribution in [0.5, 0.6) is 5.75 Å². The number of fused-ring (bicyclic) bond motifs is 1. The Labute approximate surface area is 142 Å².